The summed E-state index contributed by atoms with van der Waals surface area (Å²) in [6, 6.07) is -0.493. The molecule has 0 radical (unpaired) electrons. The first kappa shape index (κ1) is 19.0. The summed E-state index contributed by atoms with van der Waals surface area (Å²) >= 11 is 0. The highest BCUT2D eigenvalue weighted by Crippen LogP contribution is 2.07. The molecule has 1 aromatic heterocycles. The Morgan fingerprint density at radius 2 is 2.04 bits per heavy atom. The van der Waals surface area contributed by atoms with Crippen molar-refractivity contribution in [2.75, 3.05) is 32.1 Å². The van der Waals surface area contributed by atoms with Crippen LogP contribution in [0.3, 0.4) is 0 Å². The third-order valence-electron chi connectivity index (χ3n) is 2.82. The normalized spacial score (nSPS) is 11.2. The van der Waals surface area contributed by atoms with Crippen LogP contribution >= 0.6 is 0 Å². The summed E-state index contributed by atoms with van der Waals surface area (Å²) in [5, 5.41) is 3.42. The van der Waals surface area contributed by atoms with Crippen LogP contribution in [-0.4, -0.2) is 66.2 Å². The molecule has 1 rings (SSSR count). The summed E-state index contributed by atoms with van der Waals surface area (Å²) in [5.41, 5.74) is 0. The summed E-state index contributed by atoms with van der Waals surface area (Å²) in [7, 11) is -3.64. The molecule has 1 amide bonds. The highest BCUT2D eigenvalue weighted by molar-refractivity contribution is 7.91. The van der Waals surface area contributed by atoms with Gasteiger partial charge in [-0.05, 0) is 13.3 Å². The van der Waals surface area contributed by atoms with Crippen LogP contribution in [0.2, 0.25) is 0 Å². The largest absolute Gasteiger partial charge is 0.382 e. The summed E-state index contributed by atoms with van der Waals surface area (Å²) in [6.07, 6.45) is 4.56. The molecule has 0 unspecified atom stereocenters. The molecule has 1 aromatic rings. The monoisotopic (exact) mass is 342 g/mol. The second-order valence-electron chi connectivity index (χ2n) is 4.61. The molecule has 0 spiro atoms. The summed E-state index contributed by atoms with van der Waals surface area (Å²) in [6.45, 7) is 10.4. The fourth-order valence-electron chi connectivity index (χ4n) is 1.76. The van der Waals surface area contributed by atoms with Gasteiger partial charge in [0, 0.05) is 26.3 Å². The molecule has 23 heavy (non-hydrogen) atoms. The number of nitrogens with zero attached hydrogens (tertiary/aromatic N) is 4. The Morgan fingerprint density at radius 1 is 1.39 bits per heavy atom. The first-order chi connectivity index (χ1) is 11.0. The molecule has 0 saturated carbocycles. The van der Waals surface area contributed by atoms with E-state index < -0.39 is 15.9 Å². The lowest BCUT2D eigenvalue weighted by molar-refractivity contribution is 0.148. The zero-order valence-corrected chi connectivity index (χ0v) is 14.0. The fraction of sp³-hybridized carbons (Fsp3) is 0.500. The van der Waals surface area contributed by atoms with Crippen LogP contribution in [0.25, 0.3) is 0 Å². The highest BCUT2D eigenvalue weighted by Gasteiger charge is 2.22. The number of hydrogen-bond acceptors (Lipinski definition) is 6. The second-order valence-corrected chi connectivity index (χ2v) is 6.61. The molecule has 0 fully saturated rings. The van der Waals surface area contributed by atoms with E-state index in [-0.39, 0.29) is 10.9 Å². The summed E-state index contributed by atoms with van der Waals surface area (Å²) in [4.78, 5) is 17.4. The molecule has 9 heteroatoms. The first-order valence-electron chi connectivity index (χ1n) is 7.19. The van der Waals surface area contributed by atoms with Crippen LogP contribution in [0.4, 0.5) is 4.79 Å². The standard InChI is InChI=1S/C14H22N4O4S/c1-4-8-17(9-5-2)14(19)18-12-15-13(16-18)23(20,21)11-7-10-22-6-3/h4-5,12H,1-2,6-11H2,3H3. The Bertz CT molecular complexity index is 629. The van der Waals surface area contributed by atoms with Crippen LogP contribution in [0.1, 0.15) is 13.3 Å². The van der Waals surface area contributed by atoms with Gasteiger partial charge < -0.3 is 9.64 Å². The van der Waals surface area contributed by atoms with E-state index in [0.717, 1.165) is 11.0 Å². The predicted octanol–water partition coefficient (Wildman–Crippen LogP) is 1.12. The van der Waals surface area contributed by atoms with Crippen molar-refractivity contribution >= 4 is 15.9 Å². The highest BCUT2D eigenvalue weighted by atomic mass is 32.2. The van der Waals surface area contributed by atoms with Crippen LogP contribution in [0, 0.1) is 0 Å². The van der Waals surface area contributed by atoms with Gasteiger partial charge in [-0.25, -0.2) is 18.2 Å². The predicted molar refractivity (Wildman–Crippen MR) is 85.9 cm³/mol. The zero-order valence-electron chi connectivity index (χ0n) is 13.2. The molecule has 0 N–H and O–H groups in total. The van der Waals surface area contributed by atoms with Crippen molar-refractivity contribution in [3.8, 4) is 0 Å². The average Bonchev–Trinajstić information content (AvgIpc) is 3.01. The van der Waals surface area contributed by atoms with Gasteiger partial charge in [0.25, 0.3) is 5.16 Å². The molecular weight excluding hydrogens is 320 g/mol. The van der Waals surface area contributed by atoms with Crippen molar-refractivity contribution < 1.29 is 17.9 Å². The second kappa shape index (κ2) is 9.21. The molecule has 0 bridgehead atoms. The molecule has 0 saturated heterocycles. The Balaban J connectivity index is 2.81. The molecule has 0 aliphatic carbocycles. The minimum atomic E-state index is -3.64. The molecule has 0 aliphatic heterocycles. The van der Waals surface area contributed by atoms with Crippen molar-refractivity contribution in [3.63, 3.8) is 0 Å². The quantitative estimate of drug-likeness (QED) is 0.467. The number of sulfone groups is 1. The molecular formula is C14H22N4O4S. The van der Waals surface area contributed by atoms with E-state index in [1.807, 2.05) is 6.92 Å². The maximum absolute atomic E-state index is 12.2. The third-order valence-corrected chi connectivity index (χ3v) is 4.39. The van der Waals surface area contributed by atoms with Gasteiger partial charge in [-0.1, -0.05) is 12.2 Å². The van der Waals surface area contributed by atoms with E-state index in [0.29, 0.717) is 32.7 Å². The molecule has 8 nitrogen and oxygen atoms in total. The Labute approximate surface area is 136 Å². The van der Waals surface area contributed by atoms with Gasteiger partial charge in [0.2, 0.25) is 9.84 Å². The lowest BCUT2D eigenvalue weighted by atomic mass is 10.5. The van der Waals surface area contributed by atoms with Crippen LogP contribution in [0.5, 0.6) is 0 Å². The van der Waals surface area contributed by atoms with Crippen molar-refractivity contribution in [1.29, 1.82) is 0 Å². The third kappa shape index (κ3) is 5.61. The van der Waals surface area contributed by atoms with Gasteiger partial charge in [-0.2, -0.15) is 4.68 Å². The van der Waals surface area contributed by atoms with E-state index in [1.165, 1.54) is 4.90 Å². The first-order valence-corrected chi connectivity index (χ1v) is 8.84. The topological polar surface area (TPSA) is 94.4 Å². The molecule has 0 aliphatic rings. The van der Waals surface area contributed by atoms with Crippen molar-refractivity contribution in [3.05, 3.63) is 31.6 Å². The molecule has 0 atom stereocenters. The molecule has 0 aromatic carbocycles. The number of hydrogen-bond donors (Lipinski definition) is 0. The zero-order chi connectivity index (χ0) is 17.3. The molecule has 1 heterocycles. The van der Waals surface area contributed by atoms with Crippen molar-refractivity contribution in [2.24, 2.45) is 0 Å². The summed E-state index contributed by atoms with van der Waals surface area (Å²) < 4.78 is 30.2. The maximum Gasteiger partial charge on any atom is 0.346 e. The maximum atomic E-state index is 12.2. The van der Waals surface area contributed by atoms with Crippen LogP contribution in [0.15, 0.2) is 36.8 Å². The molecule has 128 valence electrons. The Morgan fingerprint density at radius 3 is 2.61 bits per heavy atom. The fourth-order valence-corrected chi connectivity index (χ4v) is 2.86. The van der Waals surface area contributed by atoms with E-state index in [1.54, 1.807) is 12.2 Å². The number of ether oxygens (including phenoxy) is 1. The average molecular weight is 342 g/mol. The number of carbonyl (C=O) groups excluding carboxylic acids is 1. The Kier molecular flexibility index (Phi) is 7.63. The Hall–Kier alpha value is -2.00. The van der Waals surface area contributed by atoms with Gasteiger partial charge in [-0.15, -0.1) is 18.3 Å². The number of amides is 1. The number of rotatable bonds is 10. The van der Waals surface area contributed by atoms with E-state index >= 15 is 0 Å². The minimum absolute atomic E-state index is 0.131. The van der Waals surface area contributed by atoms with Crippen LogP contribution < -0.4 is 0 Å². The van der Waals surface area contributed by atoms with Gasteiger partial charge in [-0.3, -0.25) is 0 Å². The van der Waals surface area contributed by atoms with Gasteiger partial charge >= 0.3 is 6.03 Å². The number of carbonyl (C=O) groups is 1. The van der Waals surface area contributed by atoms with Gasteiger partial charge in [0.1, 0.15) is 6.33 Å². The van der Waals surface area contributed by atoms with E-state index in [4.69, 9.17) is 4.74 Å². The van der Waals surface area contributed by atoms with E-state index in [9.17, 15) is 13.2 Å². The lowest BCUT2D eigenvalue weighted by Crippen LogP contribution is -2.35. The summed E-state index contributed by atoms with van der Waals surface area (Å²) in [5.74, 6) is -0.131. The smallest absolute Gasteiger partial charge is 0.346 e. The minimum Gasteiger partial charge on any atom is -0.382 e. The van der Waals surface area contributed by atoms with Gasteiger partial charge in [0.15, 0.2) is 0 Å². The van der Waals surface area contributed by atoms with Gasteiger partial charge in [0.05, 0.1) is 5.75 Å². The van der Waals surface area contributed by atoms with Crippen LogP contribution in [-0.2, 0) is 14.6 Å². The van der Waals surface area contributed by atoms with Crippen molar-refractivity contribution in [2.45, 2.75) is 18.5 Å². The lowest BCUT2D eigenvalue weighted by Gasteiger charge is -2.17. The van der Waals surface area contributed by atoms with E-state index in [2.05, 4.69) is 23.2 Å². The van der Waals surface area contributed by atoms with Crippen molar-refractivity contribution in [1.82, 2.24) is 19.7 Å². The number of aromatic nitrogens is 3. The SMILES string of the molecule is C=CCN(CC=C)C(=O)n1cnc(S(=O)(=O)CCCOCC)n1.